The van der Waals surface area contributed by atoms with Crippen LogP contribution >= 0.6 is 11.8 Å². The topological polar surface area (TPSA) is 103 Å². The van der Waals surface area contributed by atoms with Gasteiger partial charge in [-0.05, 0) is 85.7 Å². The first-order valence-electron chi connectivity index (χ1n) is 14.5. The van der Waals surface area contributed by atoms with E-state index in [0.29, 0.717) is 62.6 Å². The lowest BCUT2D eigenvalue weighted by Gasteiger charge is -2.36. The maximum atomic E-state index is 13.7. The van der Waals surface area contributed by atoms with Gasteiger partial charge in [0.05, 0.1) is 14.2 Å². The predicted molar refractivity (Wildman–Crippen MR) is 161 cm³/mol. The summed E-state index contributed by atoms with van der Waals surface area (Å²) in [6.07, 6.45) is 2.89. The molecule has 1 unspecified atom stereocenters. The summed E-state index contributed by atoms with van der Waals surface area (Å²) < 4.78 is 22.8. The number of rotatable bonds is 15. The Morgan fingerprint density at radius 3 is 2.52 bits per heavy atom. The van der Waals surface area contributed by atoms with E-state index in [0.717, 1.165) is 24.0 Å². The van der Waals surface area contributed by atoms with Crippen molar-refractivity contribution < 1.29 is 33.3 Å². The molecule has 2 aromatic rings. The Bertz CT molecular complexity index is 1220. The second-order valence-electron chi connectivity index (χ2n) is 11.0. The molecular formula is C32H43ClN2O7. The van der Waals surface area contributed by atoms with Crippen molar-refractivity contribution in [2.75, 3.05) is 33.9 Å². The number of carbonyl (C=O) groups excluding carboxylic acids is 3. The number of aryl methyl sites for hydroxylation is 1. The number of halogens is 1. The van der Waals surface area contributed by atoms with Crippen LogP contribution in [0.4, 0.5) is 0 Å². The maximum absolute atomic E-state index is 13.7. The number of methoxy groups -OCH3 is 2. The third-order valence-electron chi connectivity index (χ3n) is 7.83. The number of Topliss-reactive ketones (excluding diaryl/α,β-unsaturated/α-hetero) is 1. The van der Waals surface area contributed by atoms with Gasteiger partial charge in [-0.3, -0.25) is 9.59 Å². The molecule has 0 spiro atoms. The van der Waals surface area contributed by atoms with E-state index in [9.17, 15) is 14.4 Å². The zero-order chi connectivity index (χ0) is 30.7. The lowest BCUT2D eigenvalue weighted by atomic mass is 9.84. The number of likely N-dealkylation sites (tertiary alicyclic amines) is 1. The van der Waals surface area contributed by atoms with Gasteiger partial charge in [-0.1, -0.05) is 39.0 Å². The minimum Gasteiger partial charge on any atom is -0.493 e. The van der Waals surface area contributed by atoms with Crippen LogP contribution in [0.2, 0.25) is 0 Å². The van der Waals surface area contributed by atoms with Crippen LogP contribution < -0.4 is 19.0 Å². The minimum absolute atomic E-state index is 0.346. The van der Waals surface area contributed by atoms with Crippen LogP contribution in [-0.4, -0.2) is 62.5 Å². The average Bonchev–Trinajstić information content (AvgIpc) is 3.02. The Morgan fingerprint density at radius 1 is 1.07 bits per heavy atom. The Kier molecular flexibility index (Phi) is 12.5. The molecule has 0 saturated carbocycles. The van der Waals surface area contributed by atoms with Gasteiger partial charge in [0, 0.05) is 18.5 Å². The van der Waals surface area contributed by atoms with E-state index >= 15 is 0 Å². The number of hydrogen-bond acceptors (Lipinski definition) is 8. The molecular weight excluding hydrogens is 560 g/mol. The summed E-state index contributed by atoms with van der Waals surface area (Å²) in [5.41, 5.74) is 0.942. The van der Waals surface area contributed by atoms with E-state index in [4.69, 9.17) is 30.7 Å². The van der Waals surface area contributed by atoms with E-state index in [2.05, 4.69) is 4.84 Å². The Hall–Kier alpha value is -3.30. The maximum Gasteiger partial charge on any atom is 0.329 e. The molecule has 0 bridgehead atoms. The fourth-order valence-electron chi connectivity index (χ4n) is 4.86. The van der Waals surface area contributed by atoms with Gasteiger partial charge < -0.3 is 23.8 Å². The fourth-order valence-corrected chi connectivity index (χ4v) is 4.94. The normalized spacial score (nSPS) is 16.0. The largest absolute Gasteiger partial charge is 0.493 e. The third kappa shape index (κ3) is 8.61. The number of piperidine rings is 1. The Balaban J connectivity index is 1.85. The molecule has 1 fully saturated rings. The molecule has 10 heteroatoms. The van der Waals surface area contributed by atoms with Crippen molar-refractivity contribution in [1.82, 2.24) is 9.74 Å². The lowest BCUT2D eigenvalue weighted by molar-refractivity contribution is -0.164. The molecule has 1 aliphatic rings. The number of benzene rings is 2. The summed E-state index contributed by atoms with van der Waals surface area (Å²) in [4.78, 5) is 44.0. The van der Waals surface area contributed by atoms with Crippen molar-refractivity contribution in [2.24, 2.45) is 5.41 Å². The molecule has 0 radical (unpaired) electrons. The highest BCUT2D eigenvalue weighted by Gasteiger charge is 2.41. The van der Waals surface area contributed by atoms with Gasteiger partial charge in [0.15, 0.2) is 11.5 Å². The van der Waals surface area contributed by atoms with E-state index in [1.165, 1.54) is 4.90 Å². The van der Waals surface area contributed by atoms with Crippen LogP contribution in [0.3, 0.4) is 0 Å². The number of ketones is 1. The first-order valence-corrected chi connectivity index (χ1v) is 14.9. The Morgan fingerprint density at radius 2 is 1.83 bits per heavy atom. The average molecular weight is 603 g/mol. The first kappa shape index (κ1) is 33.2. The van der Waals surface area contributed by atoms with E-state index in [1.807, 2.05) is 49.4 Å². The second kappa shape index (κ2) is 15.8. The number of carbonyl (C=O) groups is 3. The molecule has 0 aromatic heterocycles. The van der Waals surface area contributed by atoms with Gasteiger partial charge in [-0.25, -0.2) is 9.63 Å². The predicted octanol–water partition coefficient (Wildman–Crippen LogP) is 5.43. The number of hydrogen-bond donors (Lipinski definition) is 1. The molecule has 1 heterocycles. The molecule has 1 N–H and O–H groups in total. The summed E-state index contributed by atoms with van der Waals surface area (Å²) >= 11 is 5.55. The summed E-state index contributed by atoms with van der Waals surface area (Å²) in [5.74, 6) is 0.250. The molecule has 42 heavy (non-hydrogen) atoms. The fraction of sp³-hybridized carbons (Fsp3) is 0.531. The third-order valence-corrected chi connectivity index (χ3v) is 8.01. The molecule has 1 saturated heterocycles. The Labute approximate surface area is 253 Å². The van der Waals surface area contributed by atoms with Crippen LogP contribution in [0.25, 0.3) is 0 Å². The molecule has 9 nitrogen and oxygen atoms in total. The number of nitrogens with zero attached hydrogens (tertiary/aromatic N) is 1. The van der Waals surface area contributed by atoms with Crippen molar-refractivity contribution in [3.8, 4) is 17.2 Å². The first-order chi connectivity index (χ1) is 20.1. The van der Waals surface area contributed by atoms with Crippen LogP contribution in [0.15, 0.2) is 42.5 Å². The molecule has 1 aliphatic heterocycles. The standard InChI is InChI=1S/C32H43ClN2O7/c1-6-32(2,3)29(36)30(37)35-18-8-7-12-25(35)31(38)42-26(23-10-9-11-24(21-23)41-19-17-34-33)15-13-22-14-16-27(39-4)28(20-22)40-5/h9-11,14,16,20-21,25-26,34H,6-8,12-13,15,17-19H2,1-5H3/t25?,26-/m1/s1. The van der Waals surface area contributed by atoms with Gasteiger partial charge in [0.2, 0.25) is 5.78 Å². The van der Waals surface area contributed by atoms with Gasteiger partial charge in [0.25, 0.3) is 5.91 Å². The number of nitrogens with one attached hydrogen (secondary N) is 1. The van der Waals surface area contributed by atoms with Crippen molar-refractivity contribution in [3.05, 3.63) is 53.6 Å². The quantitative estimate of drug-likeness (QED) is 0.125. The summed E-state index contributed by atoms with van der Waals surface area (Å²) in [6, 6.07) is 12.3. The monoisotopic (exact) mass is 602 g/mol. The van der Waals surface area contributed by atoms with Crippen molar-refractivity contribution in [2.45, 2.75) is 71.4 Å². The van der Waals surface area contributed by atoms with Gasteiger partial charge >= 0.3 is 5.97 Å². The zero-order valence-corrected chi connectivity index (χ0v) is 26.0. The molecule has 0 aliphatic carbocycles. The minimum atomic E-state index is -0.819. The van der Waals surface area contributed by atoms with E-state index in [-0.39, 0.29) is 0 Å². The zero-order valence-electron chi connectivity index (χ0n) is 25.2. The summed E-state index contributed by atoms with van der Waals surface area (Å²) in [5, 5.41) is 0. The van der Waals surface area contributed by atoms with Gasteiger partial charge in [0.1, 0.15) is 24.5 Å². The van der Waals surface area contributed by atoms with Crippen LogP contribution in [0.5, 0.6) is 17.2 Å². The van der Waals surface area contributed by atoms with Crippen molar-refractivity contribution in [3.63, 3.8) is 0 Å². The lowest BCUT2D eigenvalue weighted by Crippen LogP contribution is -2.53. The number of ether oxygens (including phenoxy) is 4. The molecule has 2 aromatic carbocycles. The molecule has 1 amide bonds. The SMILES string of the molecule is CCC(C)(C)C(=O)C(=O)N1CCCCC1C(=O)O[C@H](CCc1ccc(OC)c(OC)c1)c1cccc(OCCNCl)c1. The molecule has 230 valence electrons. The second-order valence-corrected chi connectivity index (χ2v) is 11.3. The highest BCUT2D eigenvalue weighted by Crippen LogP contribution is 2.32. The van der Waals surface area contributed by atoms with Gasteiger partial charge in [-0.15, -0.1) is 0 Å². The van der Waals surface area contributed by atoms with Crippen molar-refractivity contribution in [1.29, 1.82) is 0 Å². The van der Waals surface area contributed by atoms with Crippen LogP contribution in [0.1, 0.15) is 70.1 Å². The van der Waals surface area contributed by atoms with E-state index < -0.39 is 35.2 Å². The van der Waals surface area contributed by atoms with Crippen molar-refractivity contribution >= 4 is 29.4 Å². The highest BCUT2D eigenvalue weighted by molar-refractivity contribution is 6.38. The number of esters is 1. The highest BCUT2D eigenvalue weighted by atomic mass is 35.5. The summed E-state index contributed by atoms with van der Waals surface area (Å²) in [7, 11) is 3.17. The smallest absolute Gasteiger partial charge is 0.329 e. The molecule has 2 atom stereocenters. The summed E-state index contributed by atoms with van der Waals surface area (Å²) in [6.45, 7) is 6.56. The number of amides is 1. The van der Waals surface area contributed by atoms with Crippen LogP contribution in [-0.2, 0) is 25.5 Å². The van der Waals surface area contributed by atoms with Gasteiger partial charge in [-0.2, -0.15) is 0 Å². The van der Waals surface area contributed by atoms with E-state index in [1.54, 1.807) is 28.1 Å². The molecule has 3 rings (SSSR count). The van der Waals surface area contributed by atoms with Crippen LogP contribution in [0, 0.1) is 5.41 Å².